The second-order valence-electron chi connectivity index (χ2n) is 6.41. The van der Waals surface area contributed by atoms with Gasteiger partial charge in [0.1, 0.15) is 0 Å². The predicted octanol–water partition coefficient (Wildman–Crippen LogP) is 3.55. The van der Waals surface area contributed by atoms with E-state index in [1.54, 1.807) is 0 Å². The highest BCUT2D eigenvalue weighted by Gasteiger charge is 2.04. The van der Waals surface area contributed by atoms with Crippen LogP contribution in [0.25, 0.3) is 0 Å². The molecule has 0 radical (unpaired) electrons. The van der Waals surface area contributed by atoms with Crippen molar-refractivity contribution >= 4 is 0 Å². The monoisotopic (exact) mass is 280 g/mol. The molecule has 0 fully saturated rings. The Morgan fingerprint density at radius 2 is 1.80 bits per heavy atom. The van der Waals surface area contributed by atoms with Crippen molar-refractivity contribution in [1.82, 2.24) is 15.0 Å². The molecule has 0 saturated carbocycles. The zero-order valence-corrected chi connectivity index (χ0v) is 13.5. The van der Waals surface area contributed by atoms with Gasteiger partial charge in [-0.2, -0.15) is 0 Å². The topological polar surface area (TPSA) is 56.7 Å². The van der Waals surface area contributed by atoms with Crippen LogP contribution in [-0.2, 0) is 13.0 Å². The fourth-order valence-electron chi connectivity index (χ4n) is 2.44. The number of aromatic nitrogens is 3. The lowest BCUT2D eigenvalue weighted by Gasteiger charge is -2.08. The molecule has 0 bridgehead atoms. The Kier molecular flexibility index (Phi) is 8.51. The fourth-order valence-corrected chi connectivity index (χ4v) is 2.44. The van der Waals surface area contributed by atoms with Crippen LogP contribution in [0, 0.1) is 5.92 Å². The molecule has 2 N–H and O–H groups in total. The average Bonchev–Trinajstić information content (AvgIpc) is 2.80. The maximum atomic E-state index is 5.77. The second kappa shape index (κ2) is 9.92. The molecule has 0 aliphatic rings. The van der Waals surface area contributed by atoms with E-state index < -0.39 is 0 Å². The Morgan fingerprint density at radius 1 is 1.05 bits per heavy atom. The average molecular weight is 280 g/mol. The highest BCUT2D eigenvalue weighted by atomic mass is 15.4. The lowest BCUT2D eigenvalue weighted by atomic mass is 10.0. The molecule has 0 aromatic carbocycles. The molecule has 1 heterocycles. The first kappa shape index (κ1) is 17.2. The minimum absolute atomic E-state index is 0.280. The van der Waals surface area contributed by atoms with Gasteiger partial charge in [0.15, 0.2) is 0 Å². The fraction of sp³-hybridized carbons (Fsp3) is 0.875. The summed E-state index contributed by atoms with van der Waals surface area (Å²) in [7, 11) is 0. The SMILES string of the molecule is CC(C)CCCCCCc1cnnn1CCCC(C)N. The molecule has 0 amide bonds. The highest BCUT2D eigenvalue weighted by Crippen LogP contribution is 2.12. The lowest BCUT2D eigenvalue weighted by molar-refractivity contribution is 0.490. The molecule has 1 unspecified atom stereocenters. The Balaban J connectivity index is 2.15. The smallest absolute Gasteiger partial charge is 0.0725 e. The molecule has 1 rings (SSSR count). The maximum absolute atomic E-state index is 5.77. The number of hydrogen-bond donors (Lipinski definition) is 1. The van der Waals surface area contributed by atoms with Gasteiger partial charge in [-0.25, -0.2) is 4.68 Å². The largest absolute Gasteiger partial charge is 0.328 e. The van der Waals surface area contributed by atoms with Crippen LogP contribution in [0.5, 0.6) is 0 Å². The summed E-state index contributed by atoms with van der Waals surface area (Å²) in [6.45, 7) is 7.60. The van der Waals surface area contributed by atoms with E-state index in [9.17, 15) is 0 Å². The van der Waals surface area contributed by atoms with Crippen LogP contribution in [0.15, 0.2) is 6.20 Å². The number of hydrogen-bond acceptors (Lipinski definition) is 3. The molecule has 4 nitrogen and oxygen atoms in total. The van der Waals surface area contributed by atoms with Gasteiger partial charge in [0.2, 0.25) is 0 Å². The molecule has 1 aromatic rings. The normalized spacial score (nSPS) is 13.1. The van der Waals surface area contributed by atoms with Crippen molar-refractivity contribution in [2.24, 2.45) is 11.7 Å². The van der Waals surface area contributed by atoms with E-state index in [1.165, 1.54) is 37.8 Å². The van der Waals surface area contributed by atoms with Crippen molar-refractivity contribution in [3.63, 3.8) is 0 Å². The van der Waals surface area contributed by atoms with Crippen molar-refractivity contribution in [3.8, 4) is 0 Å². The third kappa shape index (κ3) is 7.63. The Hall–Kier alpha value is -0.900. The standard InChI is InChI=1S/C16H32N4/c1-14(2)9-6-4-5-7-11-16-13-18-19-20(16)12-8-10-15(3)17/h13-15H,4-12,17H2,1-3H3. The third-order valence-corrected chi connectivity index (χ3v) is 3.69. The molecule has 1 atom stereocenters. The first-order chi connectivity index (χ1) is 9.59. The molecule has 1 aromatic heterocycles. The lowest BCUT2D eigenvalue weighted by Crippen LogP contribution is -2.16. The molecular weight excluding hydrogens is 248 g/mol. The van der Waals surface area contributed by atoms with Crippen LogP contribution in [0.4, 0.5) is 0 Å². The molecule has 20 heavy (non-hydrogen) atoms. The van der Waals surface area contributed by atoms with E-state index in [0.29, 0.717) is 0 Å². The van der Waals surface area contributed by atoms with Crippen LogP contribution in [0.1, 0.15) is 71.4 Å². The Bertz CT molecular complexity index is 344. The molecule has 4 heteroatoms. The van der Waals surface area contributed by atoms with Gasteiger partial charge in [-0.3, -0.25) is 0 Å². The van der Waals surface area contributed by atoms with Crippen molar-refractivity contribution in [2.75, 3.05) is 0 Å². The van der Waals surface area contributed by atoms with Gasteiger partial charge in [0.25, 0.3) is 0 Å². The number of nitrogens with zero attached hydrogens (tertiary/aromatic N) is 3. The summed E-state index contributed by atoms with van der Waals surface area (Å²) in [6.07, 6.45) is 11.8. The molecular formula is C16H32N4. The van der Waals surface area contributed by atoms with Crippen LogP contribution in [0.3, 0.4) is 0 Å². The van der Waals surface area contributed by atoms with Crippen molar-refractivity contribution in [3.05, 3.63) is 11.9 Å². The van der Waals surface area contributed by atoms with Gasteiger partial charge in [-0.05, 0) is 38.5 Å². The van der Waals surface area contributed by atoms with Gasteiger partial charge < -0.3 is 5.73 Å². The first-order valence-corrected chi connectivity index (χ1v) is 8.22. The number of rotatable bonds is 11. The highest BCUT2D eigenvalue weighted by molar-refractivity contribution is 4.93. The van der Waals surface area contributed by atoms with E-state index in [1.807, 2.05) is 6.20 Å². The number of unbranched alkanes of at least 4 members (excludes halogenated alkanes) is 3. The predicted molar refractivity (Wildman–Crippen MR) is 84.5 cm³/mol. The maximum Gasteiger partial charge on any atom is 0.0725 e. The molecule has 0 aliphatic heterocycles. The summed E-state index contributed by atoms with van der Waals surface area (Å²) < 4.78 is 2.05. The van der Waals surface area contributed by atoms with Crippen molar-refractivity contribution < 1.29 is 0 Å². The van der Waals surface area contributed by atoms with E-state index in [2.05, 4.69) is 35.8 Å². The van der Waals surface area contributed by atoms with E-state index in [0.717, 1.165) is 31.7 Å². The van der Waals surface area contributed by atoms with E-state index in [-0.39, 0.29) is 6.04 Å². The summed E-state index contributed by atoms with van der Waals surface area (Å²) in [5.41, 5.74) is 7.05. The summed E-state index contributed by atoms with van der Waals surface area (Å²) in [5, 5.41) is 8.22. The quantitative estimate of drug-likeness (QED) is 0.631. The van der Waals surface area contributed by atoms with Gasteiger partial charge in [0, 0.05) is 12.6 Å². The minimum atomic E-state index is 0.280. The molecule has 0 spiro atoms. The number of nitrogens with two attached hydrogens (primary N) is 1. The molecule has 0 saturated heterocycles. The summed E-state index contributed by atoms with van der Waals surface area (Å²) in [6, 6.07) is 0.280. The minimum Gasteiger partial charge on any atom is -0.328 e. The summed E-state index contributed by atoms with van der Waals surface area (Å²) >= 11 is 0. The van der Waals surface area contributed by atoms with Gasteiger partial charge in [-0.15, -0.1) is 5.10 Å². The molecule has 116 valence electrons. The van der Waals surface area contributed by atoms with Gasteiger partial charge >= 0.3 is 0 Å². The molecule has 0 aliphatic carbocycles. The zero-order valence-electron chi connectivity index (χ0n) is 13.5. The Labute approximate surface area is 124 Å². The first-order valence-electron chi connectivity index (χ1n) is 8.22. The summed E-state index contributed by atoms with van der Waals surface area (Å²) in [4.78, 5) is 0. The zero-order chi connectivity index (χ0) is 14.8. The number of aryl methyl sites for hydroxylation is 2. The van der Waals surface area contributed by atoms with Gasteiger partial charge in [0.05, 0.1) is 11.9 Å². The van der Waals surface area contributed by atoms with Gasteiger partial charge in [-0.1, -0.05) is 44.7 Å². The van der Waals surface area contributed by atoms with E-state index in [4.69, 9.17) is 5.73 Å². The van der Waals surface area contributed by atoms with Crippen LogP contribution in [0.2, 0.25) is 0 Å². The van der Waals surface area contributed by atoms with Crippen molar-refractivity contribution in [2.45, 2.75) is 84.7 Å². The van der Waals surface area contributed by atoms with E-state index >= 15 is 0 Å². The van der Waals surface area contributed by atoms with Crippen LogP contribution >= 0.6 is 0 Å². The van der Waals surface area contributed by atoms with Crippen LogP contribution < -0.4 is 5.73 Å². The Morgan fingerprint density at radius 3 is 2.50 bits per heavy atom. The summed E-state index contributed by atoms with van der Waals surface area (Å²) in [5.74, 6) is 0.838. The third-order valence-electron chi connectivity index (χ3n) is 3.69. The van der Waals surface area contributed by atoms with Crippen molar-refractivity contribution in [1.29, 1.82) is 0 Å². The second-order valence-corrected chi connectivity index (χ2v) is 6.41. The van der Waals surface area contributed by atoms with Crippen LogP contribution in [-0.4, -0.2) is 21.0 Å².